The summed E-state index contributed by atoms with van der Waals surface area (Å²) in [5.41, 5.74) is -0.150. The first-order valence-electron chi connectivity index (χ1n) is 13.4. The van der Waals surface area contributed by atoms with Crippen molar-refractivity contribution in [3.8, 4) is 0 Å². The molecule has 4 rings (SSSR count). The average molecular weight is 419 g/mol. The van der Waals surface area contributed by atoms with Crippen LogP contribution in [0.1, 0.15) is 112 Å². The predicted molar refractivity (Wildman–Crippen MR) is 125 cm³/mol. The second-order valence-corrected chi connectivity index (χ2v) is 13.2. The molecule has 0 amide bonds. The fraction of sp³-hybridized carbons (Fsp3) is 1.00. The van der Waals surface area contributed by atoms with E-state index in [2.05, 4.69) is 41.5 Å². The van der Waals surface area contributed by atoms with E-state index in [1.807, 2.05) is 0 Å². The van der Waals surface area contributed by atoms with Crippen molar-refractivity contribution in [1.82, 2.24) is 0 Å². The topological polar surface area (TPSA) is 40.5 Å². The van der Waals surface area contributed by atoms with Crippen molar-refractivity contribution in [3.63, 3.8) is 0 Å². The van der Waals surface area contributed by atoms with Gasteiger partial charge in [0.05, 0.1) is 11.7 Å². The van der Waals surface area contributed by atoms with Crippen molar-refractivity contribution >= 4 is 0 Å². The molecule has 2 nitrogen and oxygen atoms in total. The zero-order chi connectivity index (χ0) is 21.9. The highest BCUT2D eigenvalue weighted by atomic mass is 16.3. The lowest BCUT2D eigenvalue weighted by Crippen LogP contribution is -2.66. The number of fused-ring (bicyclic) bond motifs is 5. The Morgan fingerprint density at radius 2 is 1.60 bits per heavy atom. The van der Waals surface area contributed by atoms with Gasteiger partial charge in [0.2, 0.25) is 0 Å². The minimum atomic E-state index is -0.665. The van der Waals surface area contributed by atoms with Gasteiger partial charge in [0.15, 0.2) is 0 Å². The zero-order valence-corrected chi connectivity index (χ0v) is 20.8. The van der Waals surface area contributed by atoms with Crippen molar-refractivity contribution in [3.05, 3.63) is 0 Å². The van der Waals surface area contributed by atoms with Crippen LogP contribution in [0.5, 0.6) is 0 Å². The van der Waals surface area contributed by atoms with E-state index in [1.165, 1.54) is 51.4 Å². The van der Waals surface area contributed by atoms with Gasteiger partial charge < -0.3 is 10.2 Å². The predicted octanol–water partition coefficient (Wildman–Crippen LogP) is 6.83. The number of aliphatic hydroxyl groups excluding tert-OH is 1. The molecule has 4 saturated carbocycles. The van der Waals surface area contributed by atoms with Gasteiger partial charge in [-0.1, -0.05) is 60.8 Å². The molecule has 0 radical (unpaired) electrons. The molecule has 0 spiro atoms. The fourth-order valence-corrected chi connectivity index (χ4v) is 9.66. The van der Waals surface area contributed by atoms with E-state index in [4.69, 9.17) is 0 Å². The van der Waals surface area contributed by atoms with Crippen LogP contribution in [0.25, 0.3) is 0 Å². The van der Waals surface area contributed by atoms with Crippen LogP contribution in [-0.2, 0) is 0 Å². The second-order valence-electron chi connectivity index (χ2n) is 13.2. The first-order valence-corrected chi connectivity index (χ1v) is 13.4. The summed E-state index contributed by atoms with van der Waals surface area (Å²) >= 11 is 0. The number of rotatable bonds is 5. The fourth-order valence-electron chi connectivity index (χ4n) is 9.66. The average Bonchev–Trinajstić information content (AvgIpc) is 3.04. The summed E-state index contributed by atoms with van der Waals surface area (Å²) < 4.78 is 0. The van der Waals surface area contributed by atoms with Crippen LogP contribution in [0.3, 0.4) is 0 Å². The van der Waals surface area contributed by atoms with Gasteiger partial charge in [-0.3, -0.25) is 0 Å². The van der Waals surface area contributed by atoms with Crippen LogP contribution in [0.4, 0.5) is 0 Å². The molecule has 4 aliphatic rings. The Morgan fingerprint density at radius 1 is 0.867 bits per heavy atom. The number of hydrogen-bond acceptors (Lipinski definition) is 2. The van der Waals surface area contributed by atoms with Crippen molar-refractivity contribution in [2.24, 2.45) is 52.3 Å². The Hall–Kier alpha value is -0.0800. The molecule has 0 saturated heterocycles. The van der Waals surface area contributed by atoms with Crippen LogP contribution < -0.4 is 0 Å². The molecule has 4 fully saturated rings. The molecule has 0 aromatic carbocycles. The Morgan fingerprint density at radius 3 is 2.30 bits per heavy atom. The van der Waals surface area contributed by atoms with Gasteiger partial charge >= 0.3 is 0 Å². The molecule has 10 atom stereocenters. The Bertz CT molecular complexity index is 616. The third kappa shape index (κ3) is 3.33. The van der Waals surface area contributed by atoms with Gasteiger partial charge in [-0.15, -0.1) is 0 Å². The summed E-state index contributed by atoms with van der Waals surface area (Å²) in [6, 6.07) is 0. The van der Waals surface area contributed by atoms with Gasteiger partial charge in [-0.25, -0.2) is 0 Å². The maximum absolute atomic E-state index is 11.9. The van der Waals surface area contributed by atoms with Gasteiger partial charge in [-0.2, -0.15) is 0 Å². The molecule has 0 aromatic heterocycles. The highest BCUT2D eigenvalue weighted by molar-refractivity contribution is 5.16. The molecule has 4 aliphatic carbocycles. The van der Waals surface area contributed by atoms with Crippen LogP contribution in [-0.4, -0.2) is 21.9 Å². The van der Waals surface area contributed by atoms with Gasteiger partial charge in [-0.05, 0) is 97.7 Å². The molecular formula is C28H50O2. The molecule has 174 valence electrons. The minimum Gasteiger partial charge on any atom is -0.393 e. The quantitative estimate of drug-likeness (QED) is 0.513. The monoisotopic (exact) mass is 418 g/mol. The Balaban J connectivity index is 1.51. The number of hydrogen-bond donors (Lipinski definition) is 2. The van der Waals surface area contributed by atoms with Crippen LogP contribution in [0, 0.1) is 52.3 Å². The third-order valence-corrected chi connectivity index (χ3v) is 11.6. The molecule has 0 bridgehead atoms. The Kier molecular flexibility index (Phi) is 6.20. The number of aliphatic hydroxyl groups is 2. The molecule has 0 aromatic rings. The summed E-state index contributed by atoms with van der Waals surface area (Å²) in [6.45, 7) is 14.4. The summed E-state index contributed by atoms with van der Waals surface area (Å²) in [5.74, 6) is 4.91. The SMILES string of the molecule is CC(C)CCC[C@H](C)[C@H]1CCC2C3CC[C@@]4(O)[C@@H](C)[C@@H](O)CC[C@]4(C)C3CC[C@@]21C. The van der Waals surface area contributed by atoms with Gasteiger partial charge in [0, 0.05) is 5.92 Å². The zero-order valence-electron chi connectivity index (χ0n) is 20.8. The van der Waals surface area contributed by atoms with Gasteiger partial charge in [0.1, 0.15) is 0 Å². The maximum atomic E-state index is 11.9. The van der Waals surface area contributed by atoms with Crippen molar-refractivity contribution in [1.29, 1.82) is 0 Å². The highest BCUT2D eigenvalue weighted by Gasteiger charge is 2.66. The molecule has 0 heterocycles. The first-order chi connectivity index (χ1) is 14.0. The van der Waals surface area contributed by atoms with E-state index in [9.17, 15) is 10.2 Å². The van der Waals surface area contributed by atoms with E-state index in [1.54, 1.807) is 0 Å². The Labute approximate surface area is 186 Å². The van der Waals surface area contributed by atoms with Crippen LogP contribution in [0.2, 0.25) is 0 Å². The summed E-state index contributed by atoms with van der Waals surface area (Å²) in [7, 11) is 0. The van der Waals surface area contributed by atoms with E-state index in [-0.39, 0.29) is 17.4 Å². The van der Waals surface area contributed by atoms with Crippen molar-refractivity contribution in [2.75, 3.05) is 0 Å². The molecule has 2 N–H and O–H groups in total. The summed E-state index contributed by atoms with van der Waals surface area (Å²) in [4.78, 5) is 0. The second kappa shape index (κ2) is 8.05. The van der Waals surface area contributed by atoms with E-state index in [0.717, 1.165) is 48.9 Å². The van der Waals surface area contributed by atoms with Crippen molar-refractivity contribution < 1.29 is 10.2 Å². The summed E-state index contributed by atoms with van der Waals surface area (Å²) in [5, 5.41) is 22.4. The van der Waals surface area contributed by atoms with E-state index >= 15 is 0 Å². The molecule has 30 heavy (non-hydrogen) atoms. The van der Waals surface area contributed by atoms with E-state index < -0.39 is 5.60 Å². The molecule has 2 heteroatoms. The van der Waals surface area contributed by atoms with Gasteiger partial charge in [0.25, 0.3) is 0 Å². The first kappa shape index (κ1) is 23.1. The standard InChI is InChI=1S/C28H50O2/c1-18(2)8-7-9-19(3)22-10-11-23-21-12-17-28(30)20(4)25(29)14-16-27(28,6)24(21)13-15-26(22,23)5/h18-25,29-30H,7-17H2,1-6H3/t19-,20-,21?,22+,23?,24?,25-,26+,27+,28+/m0/s1. The molecular weight excluding hydrogens is 368 g/mol. The largest absolute Gasteiger partial charge is 0.393 e. The molecule has 3 unspecified atom stereocenters. The maximum Gasteiger partial charge on any atom is 0.0753 e. The van der Waals surface area contributed by atoms with Crippen LogP contribution >= 0.6 is 0 Å². The van der Waals surface area contributed by atoms with Crippen LogP contribution in [0.15, 0.2) is 0 Å². The molecule has 0 aliphatic heterocycles. The van der Waals surface area contributed by atoms with E-state index in [0.29, 0.717) is 11.3 Å². The summed E-state index contributed by atoms with van der Waals surface area (Å²) in [6.07, 6.45) is 13.3. The minimum absolute atomic E-state index is 0.00311. The lowest BCUT2D eigenvalue weighted by molar-refractivity contribution is -0.246. The lowest BCUT2D eigenvalue weighted by Gasteiger charge is -2.65. The van der Waals surface area contributed by atoms with Crippen molar-refractivity contribution in [2.45, 2.75) is 124 Å². The third-order valence-electron chi connectivity index (χ3n) is 11.6. The highest BCUT2D eigenvalue weighted by Crippen LogP contribution is 2.69. The smallest absolute Gasteiger partial charge is 0.0753 e. The normalized spacial score (nSPS) is 51.9. The lowest BCUT2D eigenvalue weighted by atomic mass is 9.41.